The van der Waals surface area contributed by atoms with Crippen LogP contribution < -0.4 is 15.2 Å². The molecule has 14 heavy (non-hydrogen) atoms. The molecule has 0 spiro atoms. The van der Waals surface area contributed by atoms with E-state index in [0.717, 1.165) is 5.56 Å². The van der Waals surface area contributed by atoms with Gasteiger partial charge in [-0.25, -0.2) is 0 Å². The van der Waals surface area contributed by atoms with Crippen LogP contribution in [-0.4, -0.2) is 20.1 Å². The summed E-state index contributed by atoms with van der Waals surface area (Å²) < 4.78 is 10.1. The number of rotatable bonds is 4. The number of primary amides is 1. The van der Waals surface area contributed by atoms with Gasteiger partial charge in [0.1, 0.15) is 11.5 Å². The van der Waals surface area contributed by atoms with Crippen LogP contribution in [0.5, 0.6) is 11.5 Å². The van der Waals surface area contributed by atoms with Crippen molar-refractivity contribution in [3.8, 4) is 11.5 Å². The molecule has 4 heteroatoms. The average Bonchev–Trinajstić information content (AvgIpc) is 2.16. The molecule has 0 unspecified atom stereocenters. The molecule has 0 aromatic heterocycles. The second kappa shape index (κ2) is 4.50. The fraction of sp³-hybridized carbons (Fsp3) is 0.300. The molecule has 0 aliphatic rings. The van der Waals surface area contributed by atoms with Crippen LogP contribution in [0.3, 0.4) is 0 Å². The molecule has 4 nitrogen and oxygen atoms in total. The van der Waals surface area contributed by atoms with Crippen molar-refractivity contribution in [2.45, 2.75) is 6.42 Å². The number of hydrogen-bond donors (Lipinski definition) is 1. The SMILES string of the molecule is COc1cc(CC(N)=O)cc(OC)c1. The van der Waals surface area contributed by atoms with Crippen LogP contribution in [-0.2, 0) is 11.2 Å². The van der Waals surface area contributed by atoms with Crippen molar-refractivity contribution in [2.24, 2.45) is 5.73 Å². The predicted octanol–water partition coefficient (Wildman–Crippen LogP) is 0.732. The maximum atomic E-state index is 10.7. The second-order valence-corrected chi connectivity index (χ2v) is 2.86. The number of ether oxygens (including phenoxy) is 2. The Bertz CT molecular complexity index is 314. The van der Waals surface area contributed by atoms with Crippen LogP contribution in [0.4, 0.5) is 0 Å². The summed E-state index contributed by atoms with van der Waals surface area (Å²) in [6, 6.07) is 5.26. The summed E-state index contributed by atoms with van der Waals surface area (Å²) in [5.74, 6) is 0.932. The minimum absolute atomic E-state index is 0.188. The summed E-state index contributed by atoms with van der Waals surface area (Å²) in [6.45, 7) is 0. The number of carbonyl (C=O) groups excluding carboxylic acids is 1. The second-order valence-electron chi connectivity index (χ2n) is 2.86. The molecule has 0 aliphatic heterocycles. The van der Waals surface area contributed by atoms with E-state index >= 15 is 0 Å². The minimum Gasteiger partial charge on any atom is -0.497 e. The number of amides is 1. The maximum Gasteiger partial charge on any atom is 0.221 e. The van der Waals surface area contributed by atoms with E-state index in [2.05, 4.69) is 0 Å². The molecule has 1 aromatic rings. The average molecular weight is 195 g/mol. The van der Waals surface area contributed by atoms with E-state index in [4.69, 9.17) is 15.2 Å². The first-order chi connectivity index (χ1) is 6.65. The number of carbonyl (C=O) groups is 1. The Morgan fingerprint density at radius 1 is 1.21 bits per heavy atom. The number of benzene rings is 1. The van der Waals surface area contributed by atoms with Gasteiger partial charge in [-0.15, -0.1) is 0 Å². The topological polar surface area (TPSA) is 61.5 Å². The van der Waals surface area contributed by atoms with E-state index in [-0.39, 0.29) is 12.3 Å². The van der Waals surface area contributed by atoms with Crippen LogP contribution in [0.15, 0.2) is 18.2 Å². The molecule has 0 heterocycles. The van der Waals surface area contributed by atoms with Crippen molar-refractivity contribution in [3.63, 3.8) is 0 Å². The molecule has 1 amide bonds. The monoisotopic (exact) mass is 195 g/mol. The highest BCUT2D eigenvalue weighted by molar-refractivity contribution is 5.76. The largest absolute Gasteiger partial charge is 0.497 e. The van der Waals surface area contributed by atoms with Crippen LogP contribution in [0.25, 0.3) is 0 Å². The van der Waals surface area contributed by atoms with Gasteiger partial charge in [0.2, 0.25) is 5.91 Å². The summed E-state index contributed by atoms with van der Waals surface area (Å²) in [4.78, 5) is 10.7. The Kier molecular flexibility index (Phi) is 3.34. The van der Waals surface area contributed by atoms with Gasteiger partial charge in [0, 0.05) is 6.07 Å². The van der Waals surface area contributed by atoms with Crippen LogP contribution >= 0.6 is 0 Å². The Labute approximate surface area is 82.6 Å². The highest BCUT2D eigenvalue weighted by atomic mass is 16.5. The van der Waals surface area contributed by atoms with Gasteiger partial charge in [-0.2, -0.15) is 0 Å². The van der Waals surface area contributed by atoms with Crippen molar-refractivity contribution in [3.05, 3.63) is 23.8 Å². The van der Waals surface area contributed by atoms with E-state index in [9.17, 15) is 4.79 Å². The lowest BCUT2D eigenvalue weighted by Crippen LogP contribution is -2.13. The first-order valence-electron chi connectivity index (χ1n) is 4.16. The van der Waals surface area contributed by atoms with Gasteiger partial charge in [-0.1, -0.05) is 0 Å². The first kappa shape index (κ1) is 10.4. The van der Waals surface area contributed by atoms with Crippen LogP contribution in [0.2, 0.25) is 0 Å². The van der Waals surface area contributed by atoms with Gasteiger partial charge in [0.15, 0.2) is 0 Å². The van der Waals surface area contributed by atoms with E-state index in [1.165, 1.54) is 0 Å². The molecule has 1 rings (SSSR count). The number of hydrogen-bond acceptors (Lipinski definition) is 3. The zero-order valence-electron chi connectivity index (χ0n) is 8.24. The third kappa shape index (κ3) is 2.65. The van der Waals surface area contributed by atoms with E-state index in [1.807, 2.05) is 0 Å². The van der Waals surface area contributed by atoms with E-state index in [0.29, 0.717) is 11.5 Å². The lowest BCUT2D eigenvalue weighted by Gasteiger charge is -2.06. The molecule has 1 aromatic carbocycles. The number of methoxy groups -OCH3 is 2. The Hall–Kier alpha value is -1.71. The van der Waals surface area contributed by atoms with Gasteiger partial charge in [0.05, 0.1) is 20.6 Å². The van der Waals surface area contributed by atoms with Crippen LogP contribution in [0, 0.1) is 0 Å². The zero-order valence-corrected chi connectivity index (χ0v) is 8.24. The molecule has 0 bridgehead atoms. The van der Waals surface area contributed by atoms with E-state index < -0.39 is 0 Å². The highest BCUT2D eigenvalue weighted by Gasteiger charge is 2.03. The first-order valence-corrected chi connectivity index (χ1v) is 4.16. The summed E-state index contributed by atoms with van der Waals surface area (Å²) >= 11 is 0. The molecule has 0 radical (unpaired) electrons. The molecule has 0 fully saturated rings. The third-order valence-corrected chi connectivity index (χ3v) is 1.79. The summed E-state index contributed by atoms with van der Waals surface area (Å²) in [5, 5.41) is 0. The van der Waals surface area contributed by atoms with Gasteiger partial charge < -0.3 is 15.2 Å². The molecule has 0 saturated carbocycles. The summed E-state index contributed by atoms with van der Waals surface area (Å²) in [5.41, 5.74) is 5.87. The number of nitrogens with two attached hydrogens (primary N) is 1. The minimum atomic E-state index is -0.375. The Balaban J connectivity index is 2.98. The van der Waals surface area contributed by atoms with Crippen molar-refractivity contribution in [2.75, 3.05) is 14.2 Å². The zero-order chi connectivity index (χ0) is 10.6. The molecule has 76 valence electrons. The smallest absolute Gasteiger partial charge is 0.221 e. The van der Waals surface area contributed by atoms with Gasteiger partial charge in [-0.05, 0) is 17.7 Å². The molecule has 0 atom stereocenters. The molecular formula is C10H13NO3. The van der Waals surface area contributed by atoms with Gasteiger partial charge >= 0.3 is 0 Å². The van der Waals surface area contributed by atoms with Crippen molar-refractivity contribution in [1.82, 2.24) is 0 Å². The Morgan fingerprint density at radius 2 is 1.71 bits per heavy atom. The quantitative estimate of drug-likeness (QED) is 0.770. The highest BCUT2D eigenvalue weighted by Crippen LogP contribution is 2.22. The fourth-order valence-electron chi connectivity index (χ4n) is 1.17. The maximum absolute atomic E-state index is 10.7. The van der Waals surface area contributed by atoms with E-state index in [1.54, 1.807) is 32.4 Å². The normalized spacial score (nSPS) is 9.57. The fourth-order valence-corrected chi connectivity index (χ4v) is 1.17. The molecule has 0 aliphatic carbocycles. The van der Waals surface area contributed by atoms with Crippen molar-refractivity contribution < 1.29 is 14.3 Å². The summed E-state index contributed by atoms with van der Waals surface area (Å²) in [6.07, 6.45) is 0.188. The van der Waals surface area contributed by atoms with Gasteiger partial charge in [0.25, 0.3) is 0 Å². The van der Waals surface area contributed by atoms with Crippen LogP contribution in [0.1, 0.15) is 5.56 Å². The predicted molar refractivity (Wildman–Crippen MR) is 52.4 cm³/mol. The lowest BCUT2D eigenvalue weighted by atomic mass is 10.1. The molecule has 2 N–H and O–H groups in total. The van der Waals surface area contributed by atoms with Gasteiger partial charge in [-0.3, -0.25) is 4.79 Å². The standard InChI is InChI=1S/C10H13NO3/c1-13-8-3-7(5-10(11)12)4-9(6-8)14-2/h3-4,6H,5H2,1-2H3,(H2,11,12). The summed E-state index contributed by atoms with van der Waals surface area (Å²) in [7, 11) is 3.12. The lowest BCUT2D eigenvalue weighted by molar-refractivity contribution is -0.117. The van der Waals surface area contributed by atoms with Crippen molar-refractivity contribution >= 4 is 5.91 Å². The third-order valence-electron chi connectivity index (χ3n) is 1.79. The Morgan fingerprint density at radius 3 is 2.07 bits per heavy atom. The van der Waals surface area contributed by atoms with Crippen molar-refractivity contribution in [1.29, 1.82) is 0 Å². The molecular weight excluding hydrogens is 182 g/mol. The molecule has 0 saturated heterocycles.